The van der Waals surface area contributed by atoms with Crippen LogP contribution in [0.5, 0.6) is 34.5 Å². The Morgan fingerprint density at radius 1 is 0.707 bits per heavy atom. The van der Waals surface area contributed by atoms with Crippen molar-refractivity contribution in [3.63, 3.8) is 0 Å². The third kappa shape index (κ3) is 5.01. The van der Waals surface area contributed by atoms with Crippen LogP contribution in [0, 0.1) is 11.8 Å². The van der Waals surface area contributed by atoms with Crippen molar-refractivity contribution in [1.82, 2.24) is 0 Å². The van der Waals surface area contributed by atoms with E-state index in [4.69, 9.17) is 18.9 Å². The molecule has 4 N–H and O–H groups in total. The molecule has 0 saturated carbocycles. The Labute approximate surface area is 238 Å². The Bertz CT molecular complexity index is 1580. The number of benzene rings is 4. The molecule has 0 unspecified atom stereocenters. The summed E-state index contributed by atoms with van der Waals surface area (Å²) < 4.78 is 23.2. The zero-order valence-corrected chi connectivity index (χ0v) is 22.8. The van der Waals surface area contributed by atoms with Crippen molar-refractivity contribution in [2.75, 3.05) is 27.4 Å². The Kier molecular flexibility index (Phi) is 7.11. The first kappa shape index (κ1) is 26.8. The third-order valence-corrected chi connectivity index (χ3v) is 8.10. The molecule has 6 rings (SSSR count). The van der Waals surface area contributed by atoms with E-state index in [-0.39, 0.29) is 24.7 Å². The van der Waals surface area contributed by atoms with E-state index >= 15 is 0 Å². The molecule has 4 atom stereocenters. The Hall–Kier alpha value is -4.40. The molecular formula is C33H32O8. The number of rotatable bonds is 6. The van der Waals surface area contributed by atoms with Crippen LogP contribution in [0.25, 0.3) is 11.1 Å². The van der Waals surface area contributed by atoms with Crippen molar-refractivity contribution in [3.8, 4) is 45.6 Å². The van der Waals surface area contributed by atoms with Crippen LogP contribution in [0.15, 0.2) is 72.8 Å². The van der Waals surface area contributed by atoms with E-state index in [0.717, 1.165) is 22.3 Å². The van der Waals surface area contributed by atoms with Crippen LogP contribution in [0.1, 0.15) is 34.5 Å². The molecule has 0 bridgehead atoms. The van der Waals surface area contributed by atoms with Crippen molar-refractivity contribution in [1.29, 1.82) is 0 Å². The number of phenolic OH excluding ortho intramolecular Hbond substituents is 2. The van der Waals surface area contributed by atoms with Crippen LogP contribution in [0.3, 0.4) is 0 Å². The number of ether oxygens (including phenoxy) is 4. The molecule has 0 amide bonds. The summed E-state index contributed by atoms with van der Waals surface area (Å²) in [6.07, 6.45) is -1.45. The standard InChI is InChI=1S/C33H32O8/c1-38-23-7-9-30-26(14-23)31(36)28(16-40-30)29-17-41-33-20(13-24(39-2)15-27(33)32(29)37)10-19-12-22(35)6-8-25(19)18-4-3-5-21(34)11-18/h3-9,11-15,28-29,31-32,34-37H,10,16-17H2,1-2H3/t28-,29+,31-,32+/m0/s1. The van der Waals surface area contributed by atoms with Crippen molar-refractivity contribution in [2.45, 2.75) is 18.6 Å². The van der Waals surface area contributed by atoms with Gasteiger partial charge in [-0.1, -0.05) is 18.2 Å². The SMILES string of the molecule is COc1cc(Cc2cc(O)ccc2-c2cccc(O)c2)c2c(c1)[C@@H](O)[C@@H]([C@@H]1COc3ccc(OC)cc3[C@@H]1O)CO2. The van der Waals surface area contributed by atoms with Gasteiger partial charge in [-0.25, -0.2) is 0 Å². The van der Waals surface area contributed by atoms with Crippen LogP contribution in [0.2, 0.25) is 0 Å². The number of phenols is 2. The molecule has 2 aliphatic rings. The van der Waals surface area contributed by atoms with Crippen LogP contribution in [-0.2, 0) is 6.42 Å². The maximum Gasteiger partial charge on any atom is 0.128 e. The van der Waals surface area contributed by atoms with Crippen LogP contribution >= 0.6 is 0 Å². The van der Waals surface area contributed by atoms with Gasteiger partial charge in [-0.2, -0.15) is 0 Å². The molecular weight excluding hydrogens is 524 g/mol. The van der Waals surface area contributed by atoms with E-state index in [9.17, 15) is 20.4 Å². The van der Waals surface area contributed by atoms with Crippen LogP contribution in [0.4, 0.5) is 0 Å². The quantitative estimate of drug-likeness (QED) is 0.257. The molecule has 2 aliphatic heterocycles. The molecule has 4 aromatic carbocycles. The van der Waals surface area contributed by atoms with Gasteiger partial charge in [0.1, 0.15) is 34.5 Å². The van der Waals surface area contributed by atoms with Gasteiger partial charge in [0.25, 0.3) is 0 Å². The van der Waals surface area contributed by atoms with E-state index in [1.54, 1.807) is 68.8 Å². The predicted octanol–water partition coefficient (Wildman–Crippen LogP) is 5.16. The topological polar surface area (TPSA) is 118 Å². The lowest BCUT2D eigenvalue weighted by atomic mass is 9.77. The average Bonchev–Trinajstić information content (AvgIpc) is 2.98. The van der Waals surface area contributed by atoms with Crippen molar-refractivity contribution >= 4 is 0 Å². The number of hydrogen-bond acceptors (Lipinski definition) is 8. The first-order valence-electron chi connectivity index (χ1n) is 13.5. The van der Waals surface area contributed by atoms with Crippen LogP contribution < -0.4 is 18.9 Å². The number of aromatic hydroxyl groups is 2. The van der Waals surface area contributed by atoms with Gasteiger partial charge in [0.05, 0.1) is 39.6 Å². The minimum Gasteiger partial charge on any atom is -0.508 e. The first-order valence-corrected chi connectivity index (χ1v) is 13.5. The number of hydrogen-bond donors (Lipinski definition) is 4. The van der Waals surface area contributed by atoms with Gasteiger partial charge in [-0.3, -0.25) is 0 Å². The number of fused-ring (bicyclic) bond motifs is 2. The van der Waals surface area contributed by atoms with E-state index in [0.29, 0.717) is 40.5 Å². The van der Waals surface area contributed by atoms with Crippen molar-refractivity contribution in [3.05, 3.63) is 95.1 Å². The molecule has 0 fully saturated rings. The van der Waals surface area contributed by atoms with E-state index < -0.39 is 24.0 Å². The largest absolute Gasteiger partial charge is 0.508 e. The predicted molar refractivity (Wildman–Crippen MR) is 152 cm³/mol. The minimum atomic E-state index is -0.947. The van der Waals surface area contributed by atoms with Gasteiger partial charge < -0.3 is 39.4 Å². The highest BCUT2D eigenvalue weighted by atomic mass is 16.5. The second kappa shape index (κ2) is 10.9. The fourth-order valence-corrected chi connectivity index (χ4v) is 5.96. The van der Waals surface area contributed by atoms with Gasteiger partial charge in [-0.05, 0) is 71.3 Å². The smallest absolute Gasteiger partial charge is 0.128 e. The fraction of sp³-hybridized carbons (Fsp3) is 0.273. The average molecular weight is 557 g/mol. The molecule has 0 aliphatic carbocycles. The minimum absolute atomic E-state index is 0.116. The molecule has 0 radical (unpaired) electrons. The highest BCUT2D eigenvalue weighted by molar-refractivity contribution is 5.70. The second-order valence-electron chi connectivity index (χ2n) is 10.5. The Morgan fingerprint density at radius 3 is 2.17 bits per heavy atom. The molecule has 41 heavy (non-hydrogen) atoms. The van der Waals surface area contributed by atoms with Crippen molar-refractivity contribution in [2.24, 2.45) is 11.8 Å². The zero-order valence-electron chi connectivity index (χ0n) is 22.8. The number of methoxy groups -OCH3 is 2. The Balaban J connectivity index is 1.34. The molecule has 212 valence electrons. The maximum atomic E-state index is 11.7. The summed E-state index contributed by atoms with van der Waals surface area (Å²) in [5, 5.41) is 43.4. The molecule has 4 aromatic rings. The lowest BCUT2D eigenvalue weighted by molar-refractivity contribution is -0.0554. The van der Waals surface area contributed by atoms with E-state index in [2.05, 4.69) is 0 Å². The van der Waals surface area contributed by atoms with E-state index in [1.807, 2.05) is 18.2 Å². The lowest BCUT2D eigenvalue weighted by Gasteiger charge is -2.40. The van der Waals surface area contributed by atoms with Gasteiger partial charge in [0.2, 0.25) is 0 Å². The fourth-order valence-electron chi connectivity index (χ4n) is 5.96. The number of aliphatic hydroxyl groups is 2. The van der Waals surface area contributed by atoms with Gasteiger partial charge >= 0.3 is 0 Å². The molecule has 0 saturated heterocycles. The first-order chi connectivity index (χ1) is 19.9. The highest BCUT2D eigenvalue weighted by Gasteiger charge is 2.43. The summed E-state index contributed by atoms with van der Waals surface area (Å²) in [5.74, 6) is 1.71. The maximum absolute atomic E-state index is 11.7. The molecule has 8 heteroatoms. The summed E-state index contributed by atoms with van der Waals surface area (Å²) in [6, 6.07) is 21.0. The van der Waals surface area contributed by atoms with Gasteiger partial charge in [0, 0.05) is 34.9 Å². The molecule has 8 nitrogen and oxygen atoms in total. The molecule has 2 heterocycles. The van der Waals surface area contributed by atoms with Crippen LogP contribution in [-0.4, -0.2) is 47.9 Å². The lowest BCUT2D eigenvalue weighted by Crippen LogP contribution is -2.40. The normalized spacial score (nSPS) is 21.2. The van der Waals surface area contributed by atoms with Crippen molar-refractivity contribution < 1.29 is 39.4 Å². The third-order valence-electron chi connectivity index (χ3n) is 8.10. The Morgan fingerprint density at radius 2 is 1.41 bits per heavy atom. The van der Waals surface area contributed by atoms with E-state index in [1.165, 1.54) is 0 Å². The number of aliphatic hydroxyl groups excluding tert-OH is 2. The monoisotopic (exact) mass is 556 g/mol. The zero-order chi connectivity index (χ0) is 28.7. The summed E-state index contributed by atoms with van der Waals surface area (Å²) in [5.41, 5.74) is 4.43. The van der Waals surface area contributed by atoms with Gasteiger partial charge in [0.15, 0.2) is 0 Å². The summed E-state index contributed by atoms with van der Waals surface area (Å²) in [4.78, 5) is 0. The van der Waals surface area contributed by atoms with Gasteiger partial charge in [-0.15, -0.1) is 0 Å². The summed E-state index contributed by atoms with van der Waals surface area (Å²) >= 11 is 0. The summed E-state index contributed by atoms with van der Waals surface area (Å²) in [7, 11) is 3.13. The molecule has 0 spiro atoms. The summed E-state index contributed by atoms with van der Waals surface area (Å²) in [6.45, 7) is 0.408. The second-order valence-corrected chi connectivity index (χ2v) is 10.5. The highest BCUT2D eigenvalue weighted by Crippen LogP contribution is 2.49. The molecule has 0 aromatic heterocycles.